The van der Waals surface area contributed by atoms with Gasteiger partial charge in [-0.25, -0.2) is 4.79 Å². The van der Waals surface area contributed by atoms with Crippen LogP contribution in [0, 0.1) is 0 Å². The molecule has 1 aromatic heterocycles. The first-order valence-corrected chi connectivity index (χ1v) is 3.81. The van der Waals surface area contributed by atoms with Gasteiger partial charge in [-0.3, -0.25) is 10.1 Å². The van der Waals surface area contributed by atoms with E-state index in [0.717, 1.165) is 0 Å². The molecule has 5 nitrogen and oxygen atoms in total. The van der Waals surface area contributed by atoms with Crippen LogP contribution in [-0.4, -0.2) is 12.0 Å². The molecule has 1 saturated heterocycles. The third-order valence-corrected chi connectivity index (χ3v) is 1.74. The molecule has 0 radical (unpaired) electrons. The lowest BCUT2D eigenvalue weighted by atomic mass is 10.3. The van der Waals surface area contributed by atoms with Crippen molar-refractivity contribution in [3.05, 3.63) is 23.1 Å². The van der Waals surface area contributed by atoms with E-state index < -0.39 is 18.1 Å². The van der Waals surface area contributed by atoms with Gasteiger partial charge in [-0.15, -0.1) is 0 Å². The van der Waals surface area contributed by atoms with Crippen LogP contribution in [-0.2, 0) is 9.53 Å². The molecule has 1 fully saturated rings. The van der Waals surface area contributed by atoms with E-state index in [1.54, 1.807) is 0 Å². The quantitative estimate of drug-likeness (QED) is 0.742. The molecular formula is C7H4ClNO4. The highest BCUT2D eigenvalue weighted by Gasteiger charge is 2.35. The van der Waals surface area contributed by atoms with Crippen molar-refractivity contribution < 1.29 is 18.7 Å². The van der Waals surface area contributed by atoms with Gasteiger partial charge in [0.2, 0.25) is 6.10 Å². The highest BCUT2D eigenvalue weighted by molar-refractivity contribution is 6.28. The molecule has 6 heteroatoms. The number of hydrogen-bond donors (Lipinski definition) is 1. The van der Waals surface area contributed by atoms with E-state index in [0.29, 0.717) is 0 Å². The van der Waals surface area contributed by atoms with Gasteiger partial charge in [-0.05, 0) is 23.7 Å². The van der Waals surface area contributed by atoms with Gasteiger partial charge in [0.15, 0.2) is 11.0 Å². The van der Waals surface area contributed by atoms with Crippen LogP contribution in [0.4, 0.5) is 4.79 Å². The lowest BCUT2D eigenvalue weighted by Gasteiger charge is -1.99. The van der Waals surface area contributed by atoms with Crippen molar-refractivity contribution in [3.8, 4) is 0 Å². The van der Waals surface area contributed by atoms with Gasteiger partial charge in [0, 0.05) is 0 Å². The van der Waals surface area contributed by atoms with Gasteiger partial charge in [0.1, 0.15) is 0 Å². The molecule has 0 spiro atoms. The molecule has 13 heavy (non-hydrogen) atoms. The van der Waals surface area contributed by atoms with E-state index in [1.165, 1.54) is 12.1 Å². The summed E-state index contributed by atoms with van der Waals surface area (Å²) in [6.45, 7) is 0. The monoisotopic (exact) mass is 201 g/mol. The molecule has 2 heterocycles. The van der Waals surface area contributed by atoms with E-state index in [1.807, 2.05) is 5.32 Å². The normalized spacial score (nSPS) is 21.5. The highest BCUT2D eigenvalue weighted by Crippen LogP contribution is 2.25. The minimum Gasteiger partial charge on any atom is -0.445 e. The second-order valence-electron chi connectivity index (χ2n) is 2.42. The summed E-state index contributed by atoms with van der Waals surface area (Å²) in [7, 11) is 0. The molecule has 1 aromatic rings. The van der Waals surface area contributed by atoms with Crippen LogP contribution in [0.5, 0.6) is 0 Å². The molecule has 0 saturated carbocycles. The zero-order valence-corrected chi connectivity index (χ0v) is 7.00. The second-order valence-corrected chi connectivity index (χ2v) is 2.79. The second kappa shape index (κ2) is 2.77. The van der Waals surface area contributed by atoms with Crippen LogP contribution < -0.4 is 5.32 Å². The number of furan rings is 1. The van der Waals surface area contributed by atoms with E-state index in [2.05, 4.69) is 4.74 Å². The Bertz CT molecular complexity index is 372. The van der Waals surface area contributed by atoms with Crippen molar-refractivity contribution in [3.63, 3.8) is 0 Å². The molecule has 1 N–H and O–H groups in total. The van der Waals surface area contributed by atoms with E-state index in [-0.39, 0.29) is 11.0 Å². The standard InChI is InChI=1S/C7H4ClNO4/c8-4-2-1-3(12-4)5-6(10)9-7(11)13-5/h1-2,5H,(H,9,10,11). The SMILES string of the molecule is O=C1NC(=O)C(c2ccc(Cl)o2)O1. The number of carbonyl (C=O) groups is 2. The third kappa shape index (κ3) is 1.38. The molecule has 68 valence electrons. The molecule has 2 rings (SSSR count). The topological polar surface area (TPSA) is 68.5 Å². The fourth-order valence-electron chi connectivity index (χ4n) is 1.01. The van der Waals surface area contributed by atoms with Crippen LogP contribution in [0.2, 0.25) is 5.22 Å². The maximum absolute atomic E-state index is 11.0. The van der Waals surface area contributed by atoms with Crippen molar-refractivity contribution in [1.29, 1.82) is 0 Å². The third-order valence-electron chi connectivity index (χ3n) is 1.54. The summed E-state index contributed by atoms with van der Waals surface area (Å²) < 4.78 is 9.53. The molecule has 1 aliphatic heterocycles. The van der Waals surface area contributed by atoms with E-state index in [4.69, 9.17) is 16.0 Å². The van der Waals surface area contributed by atoms with Crippen LogP contribution >= 0.6 is 11.6 Å². The molecule has 2 amide bonds. The Morgan fingerprint density at radius 3 is 2.62 bits per heavy atom. The lowest BCUT2D eigenvalue weighted by molar-refractivity contribution is -0.124. The number of nitrogens with one attached hydrogen (secondary N) is 1. The average molecular weight is 202 g/mol. The molecular weight excluding hydrogens is 198 g/mol. The molecule has 0 bridgehead atoms. The van der Waals surface area contributed by atoms with Crippen molar-refractivity contribution >= 4 is 23.6 Å². The number of halogens is 1. The Balaban J connectivity index is 2.27. The first-order valence-electron chi connectivity index (χ1n) is 3.43. The minimum atomic E-state index is -1.01. The highest BCUT2D eigenvalue weighted by atomic mass is 35.5. The molecule has 0 aliphatic carbocycles. The number of ether oxygens (including phenoxy) is 1. The number of amides is 2. The summed E-state index contributed by atoms with van der Waals surface area (Å²) in [5.41, 5.74) is 0. The lowest BCUT2D eigenvalue weighted by Crippen LogP contribution is -2.20. The van der Waals surface area contributed by atoms with Crippen molar-refractivity contribution in [2.75, 3.05) is 0 Å². The summed E-state index contributed by atoms with van der Waals surface area (Å²) in [5.74, 6) is -0.329. The Morgan fingerprint density at radius 2 is 2.15 bits per heavy atom. The van der Waals surface area contributed by atoms with Crippen LogP contribution in [0.25, 0.3) is 0 Å². The summed E-state index contributed by atoms with van der Waals surface area (Å²) >= 11 is 5.48. The summed E-state index contributed by atoms with van der Waals surface area (Å²) in [6, 6.07) is 2.95. The zero-order chi connectivity index (χ0) is 9.42. The summed E-state index contributed by atoms with van der Waals surface area (Å²) in [5, 5.41) is 2.12. The largest absolute Gasteiger partial charge is 0.445 e. The summed E-state index contributed by atoms with van der Waals surface area (Å²) in [6.07, 6.45) is -1.79. The number of imide groups is 1. The fraction of sp³-hybridized carbons (Fsp3) is 0.143. The van der Waals surface area contributed by atoms with Crippen molar-refractivity contribution in [2.45, 2.75) is 6.10 Å². The fourth-order valence-corrected chi connectivity index (χ4v) is 1.16. The van der Waals surface area contributed by atoms with Gasteiger partial charge in [-0.1, -0.05) is 0 Å². The van der Waals surface area contributed by atoms with Crippen molar-refractivity contribution in [1.82, 2.24) is 5.32 Å². The van der Waals surface area contributed by atoms with Gasteiger partial charge < -0.3 is 9.15 Å². The van der Waals surface area contributed by atoms with Crippen molar-refractivity contribution in [2.24, 2.45) is 0 Å². The molecule has 1 atom stereocenters. The maximum atomic E-state index is 11.0. The van der Waals surface area contributed by atoms with Crippen LogP contribution in [0.15, 0.2) is 16.5 Å². The zero-order valence-electron chi connectivity index (χ0n) is 6.24. The Hall–Kier alpha value is -1.49. The van der Waals surface area contributed by atoms with Crippen LogP contribution in [0.3, 0.4) is 0 Å². The van der Waals surface area contributed by atoms with Gasteiger partial charge in [0.25, 0.3) is 5.91 Å². The number of rotatable bonds is 1. The smallest absolute Gasteiger partial charge is 0.415 e. The predicted octanol–water partition coefficient (Wildman–Crippen LogP) is 1.24. The number of alkyl carbamates (subject to hydrolysis) is 1. The van der Waals surface area contributed by atoms with Gasteiger partial charge in [0.05, 0.1) is 0 Å². The molecule has 0 aromatic carbocycles. The Morgan fingerprint density at radius 1 is 1.38 bits per heavy atom. The maximum Gasteiger partial charge on any atom is 0.415 e. The first kappa shape index (κ1) is 8.12. The predicted molar refractivity (Wildman–Crippen MR) is 41.1 cm³/mol. The number of hydrogen-bond acceptors (Lipinski definition) is 4. The Labute approximate surface area is 77.6 Å². The van der Waals surface area contributed by atoms with Gasteiger partial charge >= 0.3 is 6.09 Å². The summed E-state index contributed by atoms with van der Waals surface area (Å²) in [4.78, 5) is 21.6. The van der Waals surface area contributed by atoms with Gasteiger partial charge in [-0.2, -0.15) is 0 Å². The number of carbonyl (C=O) groups excluding carboxylic acids is 2. The average Bonchev–Trinajstić information content (AvgIpc) is 2.58. The first-order chi connectivity index (χ1) is 6.16. The molecule has 1 unspecified atom stereocenters. The molecule has 1 aliphatic rings. The van der Waals surface area contributed by atoms with Crippen LogP contribution in [0.1, 0.15) is 11.9 Å². The minimum absolute atomic E-state index is 0.144. The Kier molecular flexibility index (Phi) is 1.73. The van der Waals surface area contributed by atoms with E-state index in [9.17, 15) is 9.59 Å². The number of cyclic esters (lactones) is 1. The van der Waals surface area contributed by atoms with E-state index >= 15 is 0 Å².